The molecule has 1 unspecified atom stereocenters. The van der Waals surface area contributed by atoms with Crippen LogP contribution < -0.4 is 0 Å². The fourth-order valence-electron chi connectivity index (χ4n) is 2.05. The first-order valence-electron chi connectivity index (χ1n) is 7.04. The molecule has 1 aromatic rings. The van der Waals surface area contributed by atoms with Crippen LogP contribution in [0.4, 0.5) is 0 Å². The lowest BCUT2D eigenvalue weighted by molar-refractivity contribution is 1.45. The topological polar surface area (TPSA) is 0 Å². The van der Waals surface area contributed by atoms with E-state index in [9.17, 15) is 0 Å². The van der Waals surface area contributed by atoms with Crippen LogP contribution in [0, 0.1) is 13.5 Å². The Labute approximate surface area is 125 Å². The second-order valence-corrected chi connectivity index (χ2v) is 9.53. The maximum Gasteiger partial charge on any atom is 0.290 e. The normalized spacial score (nSPS) is 15.7. The molecule has 0 saturated heterocycles. The van der Waals surface area contributed by atoms with E-state index >= 15 is 0 Å². The Balaban J connectivity index is 2.86. The van der Waals surface area contributed by atoms with Gasteiger partial charge in [0.05, 0.1) is 0 Å². The first kappa shape index (κ1) is 16.3. The van der Waals surface area contributed by atoms with Gasteiger partial charge in [-0.3, -0.25) is 0 Å². The second-order valence-electron chi connectivity index (χ2n) is 5.48. The van der Waals surface area contributed by atoms with Gasteiger partial charge in [0.2, 0.25) is 0 Å². The van der Waals surface area contributed by atoms with E-state index in [1.165, 1.54) is 16.7 Å². The molecular weight excluding hydrogens is 256 g/mol. The molecule has 20 heavy (non-hydrogen) atoms. The zero-order valence-corrected chi connectivity index (χ0v) is 13.9. The van der Waals surface area contributed by atoms with Gasteiger partial charge in [0.15, 0.2) is 0 Å². The summed E-state index contributed by atoms with van der Waals surface area (Å²) in [5.41, 5.74) is 5.98. The van der Waals surface area contributed by atoms with Crippen LogP contribution in [-0.4, -0.2) is 8.07 Å². The van der Waals surface area contributed by atoms with Crippen LogP contribution in [0.25, 0.3) is 5.57 Å². The van der Waals surface area contributed by atoms with Crippen molar-refractivity contribution in [2.24, 2.45) is 0 Å². The minimum absolute atomic E-state index is 1.05. The van der Waals surface area contributed by atoms with Gasteiger partial charge in [-0.05, 0) is 31.5 Å². The summed E-state index contributed by atoms with van der Waals surface area (Å²) in [7, 11) is -1.47. The maximum absolute atomic E-state index is 4.35. The van der Waals surface area contributed by atoms with Crippen molar-refractivity contribution < 1.29 is 0 Å². The molecule has 0 aromatic heterocycles. The average molecular weight is 281 g/mol. The number of allylic oxidation sites excluding steroid dienone is 6. The molecule has 0 amide bonds. The molecule has 0 N–H and O–H groups in total. The quantitative estimate of drug-likeness (QED) is 0.357. The number of hydrogen-bond acceptors (Lipinski definition) is 0. The van der Waals surface area contributed by atoms with Gasteiger partial charge < -0.3 is 0 Å². The lowest BCUT2D eigenvalue weighted by Crippen LogP contribution is -2.21. The minimum Gasteiger partial charge on any atom is -0.0990 e. The number of aryl methyl sites for hydroxylation is 1. The van der Waals surface area contributed by atoms with Gasteiger partial charge in [0.1, 0.15) is 0 Å². The summed E-state index contributed by atoms with van der Waals surface area (Å²) in [5.74, 6) is 0. The Morgan fingerprint density at radius 2 is 1.95 bits per heavy atom. The first-order chi connectivity index (χ1) is 9.48. The third kappa shape index (κ3) is 5.50. The van der Waals surface area contributed by atoms with Crippen LogP contribution in [0.1, 0.15) is 18.1 Å². The summed E-state index contributed by atoms with van der Waals surface area (Å²) in [6, 6.07) is 9.64. The molecule has 104 valence electrons. The monoisotopic (exact) mass is 281 g/mol. The van der Waals surface area contributed by atoms with Crippen molar-refractivity contribution in [2.45, 2.75) is 26.4 Å². The molecule has 0 saturated carbocycles. The fourth-order valence-corrected chi connectivity index (χ4v) is 3.64. The zero-order chi connectivity index (χ0) is 15.0. The molecule has 0 aliphatic carbocycles. The van der Waals surface area contributed by atoms with Crippen LogP contribution >= 0.6 is 0 Å². The van der Waals surface area contributed by atoms with Gasteiger partial charge in [0, 0.05) is 12.6 Å². The Bertz CT molecular complexity index is 513. The molecule has 1 aromatic carbocycles. The standard InChI is InChI=1S/C19H25Si/c1-6-9-18(19-13-11-17(3)12-14-19)10-8-16-20(4,5)15-7-2/h6-15H,1,4,16H2,2-3,5H3/q+1/b10-8-,15-7+,18-9+. The average Bonchev–Trinajstić information content (AvgIpc) is 2.38. The highest BCUT2D eigenvalue weighted by Gasteiger charge is 2.25. The predicted octanol–water partition coefficient (Wildman–Crippen LogP) is 5.69. The van der Waals surface area contributed by atoms with Gasteiger partial charge in [-0.25, -0.2) is 0 Å². The molecule has 0 spiro atoms. The van der Waals surface area contributed by atoms with Crippen molar-refractivity contribution in [1.29, 1.82) is 0 Å². The van der Waals surface area contributed by atoms with Gasteiger partial charge in [-0.15, -0.1) is 0 Å². The van der Waals surface area contributed by atoms with E-state index in [1.54, 1.807) is 0 Å². The van der Waals surface area contributed by atoms with Crippen molar-refractivity contribution in [3.05, 3.63) is 84.6 Å². The van der Waals surface area contributed by atoms with Crippen LogP contribution in [0.2, 0.25) is 12.6 Å². The molecule has 1 atom stereocenters. The maximum atomic E-state index is 4.35. The minimum atomic E-state index is -1.47. The largest absolute Gasteiger partial charge is 0.290 e. The molecular formula is C19H25Si+. The third-order valence-corrected chi connectivity index (χ3v) is 5.44. The molecule has 0 bridgehead atoms. The van der Waals surface area contributed by atoms with Crippen molar-refractivity contribution in [1.82, 2.24) is 0 Å². The van der Waals surface area contributed by atoms with Gasteiger partial charge >= 0.3 is 0 Å². The first-order valence-corrected chi connectivity index (χ1v) is 10.0. The van der Waals surface area contributed by atoms with E-state index < -0.39 is 8.07 Å². The molecule has 0 nitrogen and oxygen atoms in total. The second kappa shape index (κ2) is 7.76. The van der Waals surface area contributed by atoms with Crippen molar-refractivity contribution in [3.63, 3.8) is 0 Å². The van der Waals surface area contributed by atoms with Crippen LogP contribution in [0.5, 0.6) is 0 Å². The van der Waals surface area contributed by atoms with E-state index in [1.807, 2.05) is 6.08 Å². The summed E-state index contributed by atoms with van der Waals surface area (Å²) in [6.07, 6.45) is 10.4. The van der Waals surface area contributed by atoms with E-state index in [2.05, 4.69) is 87.8 Å². The van der Waals surface area contributed by atoms with Crippen LogP contribution in [0.15, 0.2) is 66.9 Å². The van der Waals surface area contributed by atoms with E-state index in [0.29, 0.717) is 0 Å². The molecule has 0 radical (unpaired) electrons. The van der Waals surface area contributed by atoms with Crippen molar-refractivity contribution in [2.75, 3.05) is 0 Å². The van der Waals surface area contributed by atoms with E-state index in [-0.39, 0.29) is 0 Å². The predicted molar refractivity (Wildman–Crippen MR) is 95.1 cm³/mol. The molecule has 0 aliphatic rings. The Morgan fingerprint density at radius 3 is 2.50 bits per heavy atom. The highest BCUT2D eigenvalue weighted by Crippen LogP contribution is 2.19. The summed E-state index contributed by atoms with van der Waals surface area (Å²) in [6.45, 7) is 14.6. The molecule has 0 heterocycles. The van der Waals surface area contributed by atoms with E-state index in [4.69, 9.17) is 0 Å². The highest BCUT2D eigenvalue weighted by molar-refractivity contribution is 6.85. The molecule has 0 fully saturated rings. The molecule has 1 rings (SSSR count). The Hall–Kier alpha value is -1.73. The molecule has 1 heteroatoms. The van der Waals surface area contributed by atoms with Gasteiger partial charge in [0.25, 0.3) is 8.07 Å². The number of hydrogen-bond donors (Lipinski definition) is 0. The van der Waals surface area contributed by atoms with E-state index in [0.717, 1.165) is 6.04 Å². The lowest BCUT2D eigenvalue weighted by Gasteiger charge is -2.06. The smallest absolute Gasteiger partial charge is 0.0990 e. The van der Waals surface area contributed by atoms with Crippen molar-refractivity contribution >= 4 is 13.6 Å². The number of benzene rings is 1. The fraction of sp³-hybridized carbons (Fsp3) is 0.211. The van der Waals surface area contributed by atoms with Gasteiger partial charge in [-0.2, -0.15) is 0 Å². The summed E-state index contributed by atoms with van der Waals surface area (Å²) in [4.78, 5) is 0. The Morgan fingerprint density at radius 1 is 1.30 bits per heavy atom. The summed E-state index contributed by atoms with van der Waals surface area (Å²) < 4.78 is 0. The van der Waals surface area contributed by atoms with Crippen LogP contribution in [-0.2, 0) is 0 Å². The van der Waals surface area contributed by atoms with Crippen molar-refractivity contribution in [3.8, 4) is 0 Å². The molecule has 0 aliphatic heterocycles. The Kier molecular flexibility index (Phi) is 6.33. The summed E-state index contributed by atoms with van der Waals surface area (Å²) >= 11 is 0. The van der Waals surface area contributed by atoms with Gasteiger partial charge in [-0.1, -0.05) is 72.5 Å². The SMILES string of the molecule is C=C/C=C(\C=C/C[Si]([CH2+])(C)/C=C/C)c1ccc(C)cc1. The summed E-state index contributed by atoms with van der Waals surface area (Å²) in [5, 5.41) is 0. The lowest BCUT2D eigenvalue weighted by atomic mass is 10.0. The third-order valence-electron chi connectivity index (χ3n) is 3.13. The highest BCUT2D eigenvalue weighted by atomic mass is 28.3. The zero-order valence-electron chi connectivity index (χ0n) is 12.9. The number of rotatable bonds is 6. The van der Waals surface area contributed by atoms with Crippen LogP contribution in [0.3, 0.4) is 0 Å².